The summed E-state index contributed by atoms with van der Waals surface area (Å²) in [5.74, 6) is -2.73. The highest BCUT2D eigenvalue weighted by molar-refractivity contribution is 6.18. The maximum Gasteiger partial charge on any atom is 0.416 e. The molecule has 5 nitrogen and oxygen atoms in total. The fraction of sp³-hybridized carbons (Fsp3) is 0.333. The number of amides is 1. The number of alkyl halides is 3. The molecule has 9 heteroatoms. The Morgan fingerprint density at radius 3 is 2.50 bits per heavy atom. The molecule has 1 unspecified atom stereocenters. The number of hydrogen-bond acceptors (Lipinski definition) is 3. The number of para-hydroxylation sites is 1. The zero-order valence-electron chi connectivity index (χ0n) is 20.3. The first-order valence-corrected chi connectivity index (χ1v) is 11.6. The van der Waals surface area contributed by atoms with Crippen molar-refractivity contribution in [3.63, 3.8) is 0 Å². The Labute approximate surface area is 205 Å². The third-order valence-electron chi connectivity index (χ3n) is 6.46. The summed E-state index contributed by atoms with van der Waals surface area (Å²) in [7, 11) is 0. The maximum atomic E-state index is 14.1. The van der Waals surface area contributed by atoms with Crippen molar-refractivity contribution in [2.75, 3.05) is 6.54 Å². The van der Waals surface area contributed by atoms with Gasteiger partial charge >= 0.3 is 12.1 Å². The van der Waals surface area contributed by atoms with Crippen molar-refractivity contribution >= 4 is 28.4 Å². The van der Waals surface area contributed by atoms with Gasteiger partial charge in [0.05, 0.1) is 22.9 Å². The number of rotatable bonds is 4. The van der Waals surface area contributed by atoms with Crippen molar-refractivity contribution in [3.8, 4) is 0 Å². The molecule has 36 heavy (non-hydrogen) atoms. The van der Waals surface area contributed by atoms with E-state index in [0.717, 1.165) is 22.5 Å². The largest absolute Gasteiger partial charge is 0.459 e. The number of carbonyl (C=O) groups excluding carboxylic acids is 2. The molecule has 0 fully saturated rings. The van der Waals surface area contributed by atoms with Crippen LogP contribution in [0.2, 0.25) is 0 Å². The molecule has 4 rings (SSSR count). The van der Waals surface area contributed by atoms with Crippen molar-refractivity contribution in [1.82, 2.24) is 9.88 Å². The lowest BCUT2D eigenvalue weighted by atomic mass is 9.77. The zero-order valence-corrected chi connectivity index (χ0v) is 20.3. The highest BCUT2D eigenvalue weighted by atomic mass is 19.4. The Balaban J connectivity index is 1.91. The number of H-pyrrole nitrogens is 1. The van der Waals surface area contributed by atoms with Gasteiger partial charge in [0.15, 0.2) is 0 Å². The van der Waals surface area contributed by atoms with Crippen molar-refractivity contribution in [2.24, 2.45) is 0 Å². The van der Waals surface area contributed by atoms with Crippen LogP contribution in [-0.4, -0.2) is 34.4 Å². The third kappa shape index (κ3) is 4.62. The maximum absolute atomic E-state index is 14.1. The lowest BCUT2D eigenvalue weighted by molar-refractivity contribution is -0.140. The fourth-order valence-electron chi connectivity index (χ4n) is 4.59. The average Bonchev–Trinajstić information content (AvgIpc) is 3.13. The number of aromatic nitrogens is 1. The number of nitrogens with zero attached hydrogens (tertiary/aromatic N) is 1. The van der Waals surface area contributed by atoms with Gasteiger partial charge in [0.25, 0.3) is 5.91 Å². The predicted molar refractivity (Wildman–Crippen MR) is 128 cm³/mol. The summed E-state index contributed by atoms with van der Waals surface area (Å²) in [6, 6.07) is 9.22. The molecule has 2 aromatic carbocycles. The van der Waals surface area contributed by atoms with E-state index in [4.69, 9.17) is 4.74 Å². The lowest BCUT2D eigenvalue weighted by Crippen LogP contribution is -2.38. The van der Waals surface area contributed by atoms with Crippen molar-refractivity contribution in [2.45, 2.75) is 51.8 Å². The number of esters is 1. The first kappa shape index (κ1) is 25.5. The number of hydrogen-bond donors (Lipinski definition) is 1. The van der Waals surface area contributed by atoms with Crippen LogP contribution in [-0.2, 0) is 21.1 Å². The first-order valence-electron chi connectivity index (χ1n) is 11.6. The quantitative estimate of drug-likeness (QED) is 0.330. The van der Waals surface area contributed by atoms with E-state index in [-0.39, 0.29) is 12.1 Å². The van der Waals surface area contributed by atoms with Crippen LogP contribution in [0.1, 0.15) is 61.3 Å². The van der Waals surface area contributed by atoms with Gasteiger partial charge in [-0.1, -0.05) is 32.0 Å². The second-order valence-corrected chi connectivity index (χ2v) is 9.49. The Morgan fingerprint density at radius 2 is 1.86 bits per heavy atom. The van der Waals surface area contributed by atoms with Crippen LogP contribution in [0, 0.1) is 5.82 Å². The van der Waals surface area contributed by atoms with Gasteiger partial charge in [-0.3, -0.25) is 4.79 Å². The number of aromatic amines is 1. The molecule has 1 aliphatic rings. The summed E-state index contributed by atoms with van der Waals surface area (Å²) in [5, 5.41) is 0.861. The Bertz CT molecular complexity index is 1370. The van der Waals surface area contributed by atoms with E-state index >= 15 is 0 Å². The smallest absolute Gasteiger partial charge is 0.416 e. The van der Waals surface area contributed by atoms with E-state index in [0.29, 0.717) is 24.2 Å². The summed E-state index contributed by atoms with van der Waals surface area (Å²) in [6.07, 6.45) is -3.44. The topological polar surface area (TPSA) is 62.4 Å². The van der Waals surface area contributed by atoms with Crippen LogP contribution in [0.25, 0.3) is 16.5 Å². The average molecular weight is 503 g/mol. The summed E-state index contributed by atoms with van der Waals surface area (Å²) in [4.78, 5) is 31.1. The number of carbonyl (C=O) groups is 2. The molecular weight excluding hydrogens is 476 g/mol. The molecule has 1 N–H and O–H groups in total. The van der Waals surface area contributed by atoms with Crippen LogP contribution in [0.4, 0.5) is 17.6 Å². The van der Waals surface area contributed by atoms with Crippen molar-refractivity contribution in [1.29, 1.82) is 0 Å². The lowest BCUT2D eigenvalue weighted by Gasteiger charge is -2.32. The molecule has 1 atom stereocenters. The third-order valence-corrected chi connectivity index (χ3v) is 6.46. The van der Waals surface area contributed by atoms with Gasteiger partial charge in [0.1, 0.15) is 5.82 Å². The Kier molecular flexibility index (Phi) is 6.45. The molecular formula is C27H26F4N2O3. The second kappa shape index (κ2) is 9.11. The van der Waals surface area contributed by atoms with Crippen LogP contribution >= 0.6 is 0 Å². The standard InChI is InChI=1S/C27H26F4N2O3/c1-5-26(4)14-33(24(34)16-10-17(27(29,30)31)12-18(28)11-16)13-20(25(35)36-15(2)3)23-22(26)19-8-6-7-9-21(19)32-23/h6-13,15,32H,5,14H2,1-4H3. The van der Waals surface area contributed by atoms with E-state index in [1.165, 1.54) is 11.1 Å². The van der Waals surface area contributed by atoms with E-state index in [9.17, 15) is 27.2 Å². The highest BCUT2D eigenvalue weighted by Gasteiger charge is 2.40. The second-order valence-electron chi connectivity index (χ2n) is 9.49. The molecule has 2 heterocycles. The minimum Gasteiger partial charge on any atom is -0.459 e. The molecule has 0 aliphatic carbocycles. The van der Waals surface area contributed by atoms with E-state index < -0.39 is 46.5 Å². The SMILES string of the molecule is CCC1(C)CN(C(=O)c2cc(F)cc(C(F)(F)F)c2)C=C(C(=O)OC(C)C)c2[nH]c3ccccc3c21. The summed E-state index contributed by atoms with van der Waals surface area (Å²) in [6.45, 7) is 7.27. The Hall–Kier alpha value is -3.62. The highest BCUT2D eigenvalue weighted by Crippen LogP contribution is 2.42. The van der Waals surface area contributed by atoms with Gasteiger partial charge in [-0.2, -0.15) is 13.2 Å². The molecule has 0 radical (unpaired) electrons. The number of ether oxygens (including phenoxy) is 1. The monoisotopic (exact) mass is 502 g/mol. The van der Waals surface area contributed by atoms with Crippen LogP contribution in [0.3, 0.4) is 0 Å². The molecule has 1 aromatic heterocycles. The fourth-order valence-corrected chi connectivity index (χ4v) is 4.59. The van der Waals surface area contributed by atoms with Gasteiger partial charge < -0.3 is 14.6 Å². The van der Waals surface area contributed by atoms with Gasteiger partial charge in [-0.05, 0) is 50.1 Å². The van der Waals surface area contributed by atoms with Crippen molar-refractivity contribution < 1.29 is 31.9 Å². The van der Waals surface area contributed by atoms with Gasteiger partial charge in [0.2, 0.25) is 0 Å². The van der Waals surface area contributed by atoms with Crippen molar-refractivity contribution in [3.05, 3.63) is 76.9 Å². The predicted octanol–water partition coefficient (Wildman–Crippen LogP) is 6.44. The molecule has 0 saturated carbocycles. The minimum atomic E-state index is -4.83. The molecule has 0 spiro atoms. The molecule has 0 saturated heterocycles. The normalized spacial score (nSPS) is 18.1. The minimum absolute atomic E-state index is 0.0491. The van der Waals surface area contributed by atoms with E-state index in [2.05, 4.69) is 4.98 Å². The zero-order chi connectivity index (χ0) is 26.4. The molecule has 0 bridgehead atoms. The van der Waals surface area contributed by atoms with E-state index in [1.54, 1.807) is 13.8 Å². The number of halogens is 4. The first-order chi connectivity index (χ1) is 16.8. The van der Waals surface area contributed by atoms with Gasteiger partial charge in [-0.25, -0.2) is 9.18 Å². The molecule has 190 valence electrons. The molecule has 3 aromatic rings. The summed E-state index contributed by atoms with van der Waals surface area (Å²) >= 11 is 0. The van der Waals surface area contributed by atoms with E-state index in [1.807, 2.05) is 38.1 Å². The summed E-state index contributed by atoms with van der Waals surface area (Å²) in [5.41, 5.74) is -0.281. The van der Waals surface area contributed by atoms with Crippen LogP contribution in [0.15, 0.2) is 48.7 Å². The van der Waals surface area contributed by atoms with Crippen LogP contribution in [0.5, 0.6) is 0 Å². The van der Waals surface area contributed by atoms with Crippen LogP contribution < -0.4 is 0 Å². The Morgan fingerprint density at radius 1 is 1.17 bits per heavy atom. The van der Waals surface area contributed by atoms with Gasteiger partial charge in [-0.15, -0.1) is 0 Å². The molecule has 1 amide bonds. The molecule has 1 aliphatic heterocycles. The number of nitrogens with one attached hydrogen (secondary N) is 1. The number of fused-ring (bicyclic) bond motifs is 3. The number of benzene rings is 2. The van der Waals surface area contributed by atoms with Gasteiger partial charge in [0, 0.05) is 34.6 Å². The summed E-state index contributed by atoms with van der Waals surface area (Å²) < 4.78 is 59.5.